The molecule has 7 nitrogen and oxygen atoms in total. The van der Waals surface area contributed by atoms with Crippen molar-refractivity contribution in [2.24, 2.45) is 5.10 Å². The van der Waals surface area contributed by atoms with Gasteiger partial charge in [-0.15, -0.1) is 0 Å². The Hall–Kier alpha value is -3.84. The van der Waals surface area contributed by atoms with Crippen LogP contribution in [0.25, 0.3) is 0 Å². The first kappa shape index (κ1) is 21.9. The van der Waals surface area contributed by atoms with Crippen LogP contribution < -0.4 is 19.6 Å². The summed E-state index contributed by atoms with van der Waals surface area (Å²) in [4.78, 5) is 13.3. The normalized spacial score (nSPS) is 11.2. The second kappa shape index (κ2) is 9.77. The number of aliphatic hydroxyl groups is 1. The highest BCUT2D eigenvalue weighted by molar-refractivity contribution is 5.92. The quantitative estimate of drug-likeness (QED) is 0.432. The summed E-state index contributed by atoms with van der Waals surface area (Å²) in [5.74, 6) is 0.657. The largest absolute Gasteiger partial charge is 0.497 e. The third-order valence-electron chi connectivity index (χ3n) is 4.82. The van der Waals surface area contributed by atoms with E-state index in [1.54, 1.807) is 79.9 Å². The summed E-state index contributed by atoms with van der Waals surface area (Å²) < 4.78 is 15.9. The Labute approximate surface area is 180 Å². The second-order valence-corrected chi connectivity index (χ2v) is 6.58. The van der Waals surface area contributed by atoms with Crippen LogP contribution in [0.2, 0.25) is 0 Å². The number of carbonyl (C=O) groups excluding carboxylic acids is 1. The van der Waals surface area contributed by atoms with Crippen molar-refractivity contribution in [2.45, 2.75) is 5.60 Å². The van der Waals surface area contributed by atoms with Gasteiger partial charge in [-0.2, -0.15) is 5.10 Å². The zero-order chi connectivity index (χ0) is 22.3. The van der Waals surface area contributed by atoms with Crippen LogP contribution in [-0.4, -0.2) is 38.6 Å². The summed E-state index contributed by atoms with van der Waals surface area (Å²) in [6.45, 7) is 0. The highest BCUT2D eigenvalue weighted by Gasteiger charge is 2.44. The molecule has 0 bridgehead atoms. The summed E-state index contributed by atoms with van der Waals surface area (Å²) in [6.07, 6.45) is 1.47. The summed E-state index contributed by atoms with van der Waals surface area (Å²) in [7, 11) is 4.53. The Morgan fingerprint density at radius 1 is 0.839 bits per heavy atom. The maximum atomic E-state index is 13.3. The monoisotopic (exact) mass is 420 g/mol. The summed E-state index contributed by atoms with van der Waals surface area (Å²) >= 11 is 0. The van der Waals surface area contributed by atoms with Gasteiger partial charge < -0.3 is 19.3 Å². The van der Waals surface area contributed by atoms with Crippen molar-refractivity contribution in [3.05, 3.63) is 89.5 Å². The van der Waals surface area contributed by atoms with Gasteiger partial charge in [-0.25, -0.2) is 5.43 Å². The van der Waals surface area contributed by atoms with E-state index in [1.807, 2.05) is 0 Å². The molecule has 0 aliphatic rings. The fraction of sp³-hybridized carbons (Fsp3) is 0.167. The molecule has 0 saturated heterocycles. The van der Waals surface area contributed by atoms with Gasteiger partial charge in [0.15, 0.2) is 0 Å². The molecule has 7 heteroatoms. The number of amides is 1. The number of rotatable bonds is 8. The fourth-order valence-corrected chi connectivity index (χ4v) is 3.21. The molecule has 0 aliphatic heterocycles. The Morgan fingerprint density at radius 3 is 1.84 bits per heavy atom. The number of hydrogen-bond donors (Lipinski definition) is 2. The number of methoxy groups -OCH3 is 3. The van der Waals surface area contributed by atoms with E-state index in [1.165, 1.54) is 20.4 Å². The molecule has 2 N–H and O–H groups in total. The van der Waals surface area contributed by atoms with Crippen molar-refractivity contribution < 1.29 is 24.1 Å². The molecule has 0 heterocycles. The van der Waals surface area contributed by atoms with Crippen LogP contribution in [0.3, 0.4) is 0 Å². The summed E-state index contributed by atoms with van der Waals surface area (Å²) in [5, 5.41) is 15.8. The molecule has 0 aliphatic carbocycles. The molecule has 0 radical (unpaired) electrons. The molecule has 0 atom stereocenters. The predicted molar refractivity (Wildman–Crippen MR) is 118 cm³/mol. The lowest BCUT2D eigenvalue weighted by molar-refractivity contribution is -0.136. The van der Waals surface area contributed by atoms with Crippen LogP contribution >= 0.6 is 0 Å². The molecule has 160 valence electrons. The van der Waals surface area contributed by atoms with Gasteiger partial charge in [-0.3, -0.25) is 4.79 Å². The van der Waals surface area contributed by atoms with Crippen LogP contribution in [0, 0.1) is 0 Å². The minimum absolute atomic E-state index is 0.263. The molecule has 3 aromatic carbocycles. The molecular formula is C24H24N2O5. The van der Waals surface area contributed by atoms with Gasteiger partial charge in [-0.1, -0.05) is 36.4 Å². The van der Waals surface area contributed by atoms with Gasteiger partial charge in [0.1, 0.15) is 17.2 Å². The number of carbonyl (C=O) groups is 1. The molecule has 0 saturated carbocycles. The van der Waals surface area contributed by atoms with Crippen LogP contribution in [0.4, 0.5) is 0 Å². The zero-order valence-corrected chi connectivity index (χ0v) is 17.5. The van der Waals surface area contributed by atoms with Gasteiger partial charge in [0.05, 0.1) is 27.5 Å². The SMILES string of the molecule is COc1ccc(/C=N/NC(=O)C(O)(c2ccccc2OC)c2ccccc2OC)cc1. The number of nitrogens with zero attached hydrogens (tertiary/aromatic N) is 1. The van der Waals surface area contributed by atoms with Crippen molar-refractivity contribution in [1.29, 1.82) is 0 Å². The summed E-state index contributed by atoms with van der Waals surface area (Å²) in [6, 6.07) is 20.7. The minimum Gasteiger partial charge on any atom is -0.497 e. The first-order valence-corrected chi connectivity index (χ1v) is 9.51. The number of benzene rings is 3. The maximum absolute atomic E-state index is 13.3. The predicted octanol–water partition coefficient (Wildman–Crippen LogP) is 3.10. The standard InChI is InChI=1S/C24H24N2O5/c1-29-18-14-12-17(13-15-18)16-25-26-23(27)24(28,19-8-4-6-10-21(19)30-2)20-9-5-7-11-22(20)31-3/h4-16,28H,1-3H3,(H,26,27)/b25-16+. The maximum Gasteiger partial charge on any atom is 0.281 e. The van der Waals surface area contributed by atoms with E-state index in [0.29, 0.717) is 17.2 Å². The third kappa shape index (κ3) is 4.51. The van der Waals surface area contributed by atoms with Gasteiger partial charge in [0.2, 0.25) is 5.60 Å². The molecule has 3 aromatic rings. The Morgan fingerprint density at radius 2 is 1.35 bits per heavy atom. The van der Waals surface area contributed by atoms with Gasteiger partial charge in [0, 0.05) is 11.1 Å². The average molecular weight is 420 g/mol. The summed E-state index contributed by atoms with van der Waals surface area (Å²) in [5.41, 5.74) is 1.60. The molecule has 0 unspecified atom stereocenters. The molecule has 1 amide bonds. The molecule has 0 fully saturated rings. The number of para-hydroxylation sites is 2. The van der Waals surface area contributed by atoms with Crippen molar-refractivity contribution in [3.8, 4) is 17.2 Å². The van der Waals surface area contributed by atoms with Gasteiger partial charge in [0.25, 0.3) is 5.91 Å². The lowest BCUT2D eigenvalue weighted by Crippen LogP contribution is -2.44. The van der Waals surface area contributed by atoms with Crippen molar-refractivity contribution in [3.63, 3.8) is 0 Å². The Balaban J connectivity index is 1.99. The van der Waals surface area contributed by atoms with Crippen LogP contribution in [-0.2, 0) is 10.4 Å². The zero-order valence-electron chi connectivity index (χ0n) is 17.5. The van der Waals surface area contributed by atoms with E-state index in [2.05, 4.69) is 10.5 Å². The molecular weight excluding hydrogens is 396 g/mol. The van der Waals surface area contributed by atoms with Crippen molar-refractivity contribution in [1.82, 2.24) is 5.43 Å². The van der Waals surface area contributed by atoms with E-state index in [0.717, 1.165) is 5.56 Å². The first-order valence-electron chi connectivity index (χ1n) is 9.51. The van der Waals surface area contributed by atoms with E-state index in [-0.39, 0.29) is 11.1 Å². The van der Waals surface area contributed by atoms with Crippen molar-refractivity contribution in [2.75, 3.05) is 21.3 Å². The Kier molecular flexibility index (Phi) is 6.89. The minimum atomic E-state index is -2.11. The highest BCUT2D eigenvalue weighted by atomic mass is 16.5. The van der Waals surface area contributed by atoms with Crippen molar-refractivity contribution >= 4 is 12.1 Å². The average Bonchev–Trinajstić information content (AvgIpc) is 2.83. The fourth-order valence-electron chi connectivity index (χ4n) is 3.21. The van der Waals surface area contributed by atoms with E-state index in [9.17, 15) is 9.90 Å². The third-order valence-corrected chi connectivity index (χ3v) is 4.82. The highest BCUT2D eigenvalue weighted by Crippen LogP contribution is 2.40. The van der Waals surface area contributed by atoms with Crippen LogP contribution in [0.1, 0.15) is 16.7 Å². The number of hydrazone groups is 1. The van der Waals surface area contributed by atoms with Gasteiger partial charge in [-0.05, 0) is 42.0 Å². The smallest absolute Gasteiger partial charge is 0.281 e. The molecule has 3 rings (SSSR count). The van der Waals surface area contributed by atoms with Gasteiger partial charge >= 0.3 is 0 Å². The second-order valence-electron chi connectivity index (χ2n) is 6.58. The molecule has 31 heavy (non-hydrogen) atoms. The lowest BCUT2D eigenvalue weighted by Gasteiger charge is -2.29. The topological polar surface area (TPSA) is 89.4 Å². The van der Waals surface area contributed by atoms with E-state index in [4.69, 9.17) is 14.2 Å². The number of nitrogens with one attached hydrogen (secondary N) is 1. The molecule has 0 spiro atoms. The number of ether oxygens (including phenoxy) is 3. The Bertz CT molecular complexity index is 1020. The first-order chi connectivity index (χ1) is 15.0. The van der Waals surface area contributed by atoms with Crippen LogP contribution in [0.5, 0.6) is 17.2 Å². The molecule has 0 aromatic heterocycles. The van der Waals surface area contributed by atoms with E-state index >= 15 is 0 Å². The lowest BCUT2D eigenvalue weighted by atomic mass is 9.84. The number of hydrogen-bond acceptors (Lipinski definition) is 6. The van der Waals surface area contributed by atoms with E-state index < -0.39 is 11.5 Å². The van der Waals surface area contributed by atoms with Crippen LogP contribution in [0.15, 0.2) is 77.9 Å².